The number of hydrogen-bond acceptors (Lipinski definition) is 2. The zero-order chi connectivity index (χ0) is 10.9. The first-order valence-corrected chi connectivity index (χ1v) is 4.34. The lowest BCUT2D eigenvalue weighted by molar-refractivity contribution is -0.126. The van der Waals surface area contributed by atoms with Crippen LogP contribution in [0.2, 0.25) is 0 Å². The molecule has 0 bridgehead atoms. The molecule has 0 unspecified atom stereocenters. The second-order valence-electron chi connectivity index (χ2n) is 2.59. The van der Waals surface area contributed by atoms with Crippen molar-refractivity contribution in [1.82, 2.24) is 0 Å². The van der Waals surface area contributed by atoms with Crippen LogP contribution in [-0.2, 0) is 4.79 Å². The van der Waals surface area contributed by atoms with Gasteiger partial charge in [-0.15, -0.1) is 0 Å². The number of aliphatic hydroxyl groups is 1. The number of nitrogens with two attached hydrogens (primary N) is 1. The lowest BCUT2D eigenvalue weighted by Gasteiger charge is -2.09. The summed E-state index contributed by atoms with van der Waals surface area (Å²) in [6.45, 7) is 0. The summed E-state index contributed by atoms with van der Waals surface area (Å²) in [6.07, 6.45) is -1.97. The topological polar surface area (TPSA) is 63.3 Å². The zero-order valence-electron chi connectivity index (χ0n) is 6.80. The Kier molecular flexibility index (Phi) is 3.17. The monoisotopic (exact) mass is 265 g/mol. The minimum Gasteiger partial charge on any atom is -0.378 e. The third-order valence-electron chi connectivity index (χ3n) is 1.59. The summed E-state index contributed by atoms with van der Waals surface area (Å²) in [5, 5.41) is 9.08. The van der Waals surface area contributed by atoms with Gasteiger partial charge in [0.25, 0.3) is 5.91 Å². The highest BCUT2D eigenvalue weighted by atomic mass is 79.9. The summed E-state index contributed by atoms with van der Waals surface area (Å²) in [7, 11) is 0. The highest BCUT2D eigenvalue weighted by Crippen LogP contribution is 2.24. The van der Waals surface area contributed by atoms with E-state index in [4.69, 9.17) is 10.8 Å². The standard InChI is InChI=1S/C8H6BrF2NO2/c9-3-1-4(10)6(5(11)2-3)7(13)8(12)14/h1-2,7,13H,(H2,12,14)/t7-/m0/s1. The van der Waals surface area contributed by atoms with E-state index in [0.717, 1.165) is 12.1 Å². The molecule has 3 nitrogen and oxygen atoms in total. The molecule has 0 spiro atoms. The lowest BCUT2D eigenvalue weighted by atomic mass is 10.1. The maximum Gasteiger partial charge on any atom is 0.251 e. The highest BCUT2D eigenvalue weighted by molar-refractivity contribution is 9.10. The molecule has 76 valence electrons. The fourth-order valence-electron chi connectivity index (χ4n) is 0.957. The second kappa shape index (κ2) is 4.02. The van der Waals surface area contributed by atoms with Crippen molar-refractivity contribution < 1.29 is 18.7 Å². The summed E-state index contributed by atoms with van der Waals surface area (Å²) in [5.41, 5.74) is 3.97. The molecule has 0 aliphatic rings. The molecule has 0 aliphatic carbocycles. The van der Waals surface area contributed by atoms with Crippen LogP contribution in [0.15, 0.2) is 16.6 Å². The fraction of sp³-hybridized carbons (Fsp3) is 0.125. The van der Waals surface area contributed by atoms with Crippen molar-refractivity contribution in [3.8, 4) is 0 Å². The van der Waals surface area contributed by atoms with Gasteiger partial charge in [-0.3, -0.25) is 4.79 Å². The molecule has 0 saturated carbocycles. The van der Waals surface area contributed by atoms with Crippen LogP contribution < -0.4 is 5.73 Å². The number of amides is 1. The van der Waals surface area contributed by atoms with Crippen LogP contribution in [-0.4, -0.2) is 11.0 Å². The Morgan fingerprint density at radius 1 is 1.43 bits per heavy atom. The van der Waals surface area contributed by atoms with Crippen LogP contribution in [0.5, 0.6) is 0 Å². The van der Waals surface area contributed by atoms with Gasteiger partial charge in [0.1, 0.15) is 11.6 Å². The number of hydrogen-bond donors (Lipinski definition) is 2. The Labute approximate surface area is 86.7 Å². The number of primary amides is 1. The van der Waals surface area contributed by atoms with E-state index >= 15 is 0 Å². The Morgan fingerprint density at radius 2 is 1.86 bits per heavy atom. The Hall–Kier alpha value is -1.01. The number of carbonyl (C=O) groups is 1. The summed E-state index contributed by atoms with van der Waals surface area (Å²) in [6, 6.07) is 1.87. The molecule has 1 aromatic carbocycles. The summed E-state index contributed by atoms with van der Waals surface area (Å²) in [4.78, 5) is 10.5. The summed E-state index contributed by atoms with van der Waals surface area (Å²) < 4.78 is 26.3. The van der Waals surface area contributed by atoms with Gasteiger partial charge in [-0.1, -0.05) is 15.9 Å². The maximum absolute atomic E-state index is 13.1. The molecule has 14 heavy (non-hydrogen) atoms. The molecule has 0 heterocycles. The molecule has 1 rings (SSSR count). The van der Waals surface area contributed by atoms with E-state index in [0.29, 0.717) is 0 Å². The van der Waals surface area contributed by atoms with Crippen molar-refractivity contribution in [2.24, 2.45) is 5.73 Å². The predicted molar refractivity (Wildman–Crippen MR) is 48.2 cm³/mol. The molecular weight excluding hydrogens is 260 g/mol. The molecule has 0 aromatic heterocycles. The van der Waals surface area contributed by atoms with Gasteiger partial charge in [-0.05, 0) is 12.1 Å². The van der Waals surface area contributed by atoms with Gasteiger partial charge < -0.3 is 10.8 Å². The van der Waals surface area contributed by atoms with E-state index in [1.54, 1.807) is 0 Å². The molecule has 0 aliphatic heterocycles. The molecule has 3 N–H and O–H groups in total. The first-order valence-electron chi connectivity index (χ1n) is 3.55. The Bertz CT molecular complexity index is 361. The van der Waals surface area contributed by atoms with Crippen LogP contribution in [0.1, 0.15) is 11.7 Å². The van der Waals surface area contributed by atoms with Crippen LogP contribution >= 0.6 is 15.9 Å². The smallest absolute Gasteiger partial charge is 0.251 e. The minimum absolute atomic E-state index is 0.174. The average molecular weight is 266 g/mol. The molecule has 1 aromatic rings. The van der Waals surface area contributed by atoms with Crippen molar-refractivity contribution in [3.63, 3.8) is 0 Å². The first-order chi connectivity index (χ1) is 6.43. The summed E-state index contributed by atoms with van der Waals surface area (Å²) >= 11 is 2.86. The van der Waals surface area contributed by atoms with E-state index in [2.05, 4.69) is 15.9 Å². The number of benzene rings is 1. The fourth-order valence-corrected chi connectivity index (χ4v) is 1.36. The van der Waals surface area contributed by atoms with Crippen molar-refractivity contribution in [2.45, 2.75) is 6.10 Å². The Morgan fingerprint density at radius 3 is 2.21 bits per heavy atom. The molecular formula is C8H6BrF2NO2. The lowest BCUT2D eigenvalue weighted by Crippen LogP contribution is -2.22. The van der Waals surface area contributed by atoms with Gasteiger partial charge in [0, 0.05) is 4.47 Å². The van der Waals surface area contributed by atoms with E-state index in [1.807, 2.05) is 0 Å². The first kappa shape index (κ1) is 11.1. The minimum atomic E-state index is -1.97. The van der Waals surface area contributed by atoms with Crippen molar-refractivity contribution >= 4 is 21.8 Å². The quantitative estimate of drug-likeness (QED) is 0.846. The van der Waals surface area contributed by atoms with E-state index in [9.17, 15) is 13.6 Å². The summed E-state index contributed by atoms with van der Waals surface area (Å²) in [5.74, 6) is -3.25. The number of rotatable bonds is 2. The molecule has 1 amide bonds. The molecule has 6 heteroatoms. The van der Waals surface area contributed by atoms with Gasteiger partial charge >= 0.3 is 0 Å². The average Bonchev–Trinajstić information content (AvgIpc) is 2.01. The van der Waals surface area contributed by atoms with Crippen molar-refractivity contribution in [1.29, 1.82) is 0 Å². The maximum atomic E-state index is 13.1. The van der Waals surface area contributed by atoms with E-state index in [1.165, 1.54) is 0 Å². The second-order valence-corrected chi connectivity index (χ2v) is 3.50. The largest absolute Gasteiger partial charge is 0.378 e. The molecule has 0 saturated heterocycles. The van der Waals surface area contributed by atoms with Gasteiger partial charge in [0.15, 0.2) is 6.10 Å². The SMILES string of the molecule is NC(=O)[C@@H](O)c1c(F)cc(Br)cc1F. The van der Waals surface area contributed by atoms with Gasteiger partial charge in [-0.2, -0.15) is 0 Å². The number of halogens is 3. The van der Waals surface area contributed by atoms with Gasteiger partial charge in [0.05, 0.1) is 5.56 Å². The van der Waals surface area contributed by atoms with Crippen molar-refractivity contribution in [3.05, 3.63) is 33.8 Å². The predicted octanol–water partition coefficient (Wildman–Crippen LogP) is 1.25. The van der Waals surface area contributed by atoms with E-state index < -0.39 is 29.2 Å². The normalized spacial score (nSPS) is 12.6. The third kappa shape index (κ3) is 2.08. The molecule has 0 fully saturated rings. The van der Waals surface area contributed by atoms with Crippen LogP contribution in [0, 0.1) is 11.6 Å². The van der Waals surface area contributed by atoms with Crippen molar-refractivity contribution in [2.75, 3.05) is 0 Å². The number of carbonyl (C=O) groups excluding carboxylic acids is 1. The van der Waals surface area contributed by atoms with Crippen LogP contribution in [0.4, 0.5) is 8.78 Å². The van der Waals surface area contributed by atoms with Gasteiger partial charge in [0.2, 0.25) is 0 Å². The third-order valence-corrected chi connectivity index (χ3v) is 2.04. The Balaban J connectivity index is 3.27. The molecule has 1 atom stereocenters. The zero-order valence-corrected chi connectivity index (χ0v) is 8.38. The highest BCUT2D eigenvalue weighted by Gasteiger charge is 2.22. The molecule has 0 radical (unpaired) electrons. The van der Waals surface area contributed by atoms with Crippen LogP contribution in [0.25, 0.3) is 0 Å². The number of aliphatic hydroxyl groups excluding tert-OH is 1. The van der Waals surface area contributed by atoms with E-state index in [-0.39, 0.29) is 4.47 Å². The van der Waals surface area contributed by atoms with Crippen LogP contribution in [0.3, 0.4) is 0 Å². The van der Waals surface area contributed by atoms with Gasteiger partial charge in [-0.25, -0.2) is 8.78 Å².